The van der Waals surface area contributed by atoms with Crippen LogP contribution in [0.25, 0.3) is 28.2 Å². The van der Waals surface area contributed by atoms with E-state index in [0.29, 0.717) is 0 Å². The summed E-state index contributed by atoms with van der Waals surface area (Å²) in [5, 5.41) is 0. The molecule has 2 nitrogen and oxygen atoms in total. The summed E-state index contributed by atoms with van der Waals surface area (Å²) in [7, 11) is 0. The molecule has 1 heterocycles. The number of rotatable bonds is 2. The van der Waals surface area contributed by atoms with E-state index < -0.39 is 0 Å². The lowest BCUT2D eigenvalue weighted by Crippen LogP contribution is -1.77. The lowest BCUT2D eigenvalue weighted by atomic mass is 10.1. The lowest BCUT2D eigenvalue weighted by Gasteiger charge is -2.00. The van der Waals surface area contributed by atoms with Gasteiger partial charge in [-0.15, -0.1) is 0 Å². The number of nitrogens with zero attached hydrogens (tertiary/aromatic N) is 1. The summed E-state index contributed by atoms with van der Waals surface area (Å²) < 4.78 is 0. The maximum Gasteiger partial charge on any atom is 0.130 e. The van der Waals surface area contributed by atoms with Crippen molar-refractivity contribution in [1.82, 2.24) is 9.97 Å². The molecule has 0 bridgehead atoms. The number of allylic oxidation sites excluding steroid dienone is 1. The highest BCUT2D eigenvalue weighted by molar-refractivity contribution is 5.82. The summed E-state index contributed by atoms with van der Waals surface area (Å²) in [5.74, 6) is 0.901. The number of hydrogen-bond donors (Lipinski definition) is 1. The summed E-state index contributed by atoms with van der Waals surface area (Å²) in [6, 6.07) is 16.7. The van der Waals surface area contributed by atoms with Gasteiger partial charge >= 0.3 is 0 Å². The number of imidazole rings is 1. The standard InChI is InChI=1S/C16H14N2/c1-2-6-16-17-14-10-9-13(11-15(14)18-16)12-7-4-3-5-8-12/h2-11H,1H3,(H,17,18)/b6-2+. The smallest absolute Gasteiger partial charge is 0.130 e. The Balaban J connectivity index is 2.11. The van der Waals surface area contributed by atoms with Crippen molar-refractivity contribution in [3.05, 3.63) is 60.4 Å². The monoisotopic (exact) mass is 234 g/mol. The van der Waals surface area contributed by atoms with Crippen LogP contribution in [-0.4, -0.2) is 9.97 Å². The highest BCUT2D eigenvalue weighted by Gasteiger charge is 2.02. The molecule has 0 spiro atoms. The second kappa shape index (κ2) is 4.49. The fraction of sp³-hybridized carbons (Fsp3) is 0.0625. The number of nitrogens with one attached hydrogen (secondary N) is 1. The molecule has 0 atom stereocenters. The fourth-order valence-corrected chi connectivity index (χ4v) is 2.08. The van der Waals surface area contributed by atoms with Gasteiger partial charge in [0.05, 0.1) is 11.0 Å². The zero-order valence-corrected chi connectivity index (χ0v) is 10.2. The summed E-state index contributed by atoms with van der Waals surface area (Å²) in [6.45, 7) is 1.99. The van der Waals surface area contributed by atoms with Gasteiger partial charge in [0.15, 0.2) is 0 Å². The molecular formula is C16H14N2. The molecule has 0 radical (unpaired) electrons. The highest BCUT2D eigenvalue weighted by atomic mass is 14.9. The zero-order valence-electron chi connectivity index (χ0n) is 10.2. The second-order valence-corrected chi connectivity index (χ2v) is 4.22. The van der Waals surface area contributed by atoms with Crippen molar-refractivity contribution in [3.8, 4) is 11.1 Å². The van der Waals surface area contributed by atoms with Crippen LogP contribution in [0, 0.1) is 0 Å². The number of hydrogen-bond acceptors (Lipinski definition) is 1. The van der Waals surface area contributed by atoms with Crippen molar-refractivity contribution in [2.45, 2.75) is 6.92 Å². The minimum Gasteiger partial charge on any atom is -0.338 e. The van der Waals surface area contributed by atoms with E-state index in [9.17, 15) is 0 Å². The normalized spacial score (nSPS) is 11.4. The summed E-state index contributed by atoms with van der Waals surface area (Å²) >= 11 is 0. The topological polar surface area (TPSA) is 28.7 Å². The third-order valence-electron chi connectivity index (χ3n) is 2.93. The molecular weight excluding hydrogens is 220 g/mol. The van der Waals surface area contributed by atoms with Gasteiger partial charge in [0.25, 0.3) is 0 Å². The zero-order chi connectivity index (χ0) is 12.4. The van der Waals surface area contributed by atoms with Crippen molar-refractivity contribution in [2.24, 2.45) is 0 Å². The third kappa shape index (κ3) is 1.93. The van der Waals surface area contributed by atoms with Gasteiger partial charge in [0, 0.05) is 0 Å². The molecule has 1 N–H and O–H groups in total. The van der Waals surface area contributed by atoms with Crippen molar-refractivity contribution in [3.63, 3.8) is 0 Å². The van der Waals surface area contributed by atoms with Crippen LogP contribution in [0.1, 0.15) is 12.7 Å². The van der Waals surface area contributed by atoms with Crippen LogP contribution in [0.3, 0.4) is 0 Å². The van der Waals surface area contributed by atoms with E-state index in [-0.39, 0.29) is 0 Å². The Kier molecular flexibility index (Phi) is 2.69. The molecule has 18 heavy (non-hydrogen) atoms. The molecule has 0 saturated carbocycles. The minimum atomic E-state index is 0.901. The van der Waals surface area contributed by atoms with E-state index in [2.05, 4.69) is 52.4 Å². The number of aromatic amines is 1. The number of fused-ring (bicyclic) bond motifs is 1. The van der Waals surface area contributed by atoms with Crippen molar-refractivity contribution in [1.29, 1.82) is 0 Å². The number of aromatic nitrogens is 2. The van der Waals surface area contributed by atoms with Gasteiger partial charge in [-0.3, -0.25) is 0 Å². The van der Waals surface area contributed by atoms with Crippen LogP contribution in [-0.2, 0) is 0 Å². The minimum absolute atomic E-state index is 0.901. The first kappa shape index (κ1) is 10.8. The molecule has 0 fully saturated rings. The van der Waals surface area contributed by atoms with Gasteiger partial charge in [0.2, 0.25) is 0 Å². The predicted octanol–water partition coefficient (Wildman–Crippen LogP) is 4.26. The van der Waals surface area contributed by atoms with Crippen LogP contribution in [0.2, 0.25) is 0 Å². The van der Waals surface area contributed by atoms with Crippen LogP contribution in [0.4, 0.5) is 0 Å². The number of H-pyrrole nitrogens is 1. The second-order valence-electron chi connectivity index (χ2n) is 4.22. The van der Waals surface area contributed by atoms with Crippen LogP contribution < -0.4 is 0 Å². The third-order valence-corrected chi connectivity index (χ3v) is 2.93. The fourth-order valence-electron chi connectivity index (χ4n) is 2.08. The molecule has 1 aromatic heterocycles. The molecule has 88 valence electrons. The highest BCUT2D eigenvalue weighted by Crippen LogP contribution is 2.23. The van der Waals surface area contributed by atoms with E-state index >= 15 is 0 Å². The van der Waals surface area contributed by atoms with E-state index in [1.165, 1.54) is 11.1 Å². The van der Waals surface area contributed by atoms with Crippen molar-refractivity contribution in [2.75, 3.05) is 0 Å². The largest absolute Gasteiger partial charge is 0.338 e. The van der Waals surface area contributed by atoms with E-state index in [0.717, 1.165) is 16.9 Å². The lowest BCUT2D eigenvalue weighted by molar-refractivity contribution is 1.29. The maximum atomic E-state index is 4.49. The van der Waals surface area contributed by atoms with Crippen molar-refractivity contribution < 1.29 is 0 Å². The Morgan fingerprint density at radius 2 is 1.83 bits per heavy atom. The van der Waals surface area contributed by atoms with Crippen molar-refractivity contribution >= 4 is 17.1 Å². The molecule has 0 saturated heterocycles. The average Bonchev–Trinajstić information content (AvgIpc) is 2.81. The Labute approximate surface area is 106 Å². The van der Waals surface area contributed by atoms with E-state index in [1.54, 1.807) is 0 Å². The molecule has 3 aromatic rings. The van der Waals surface area contributed by atoms with Gasteiger partial charge in [-0.1, -0.05) is 42.5 Å². The van der Waals surface area contributed by atoms with Crippen LogP contribution >= 0.6 is 0 Å². The molecule has 0 amide bonds. The SMILES string of the molecule is C/C=C/c1nc2ccc(-c3ccccc3)cc2[nH]1. The summed E-state index contributed by atoms with van der Waals surface area (Å²) in [5.41, 5.74) is 4.51. The first-order chi connectivity index (χ1) is 8.86. The molecule has 2 aromatic carbocycles. The van der Waals surface area contributed by atoms with Crippen LogP contribution in [0.5, 0.6) is 0 Å². The first-order valence-corrected chi connectivity index (χ1v) is 6.05. The Morgan fingerprint density at radius 1 is 1.00 bits per heavy atom. The van der Waals surface area contributed by atoms with Gasteiger partial charge < -0.3 is 4.98 Å². The molecule has 0 aliphatic heterocycles. The Bertz CT molecular complexity index is 693. The van der Waals surface area contributed by atoms with E-state index in [1.807, 2.05) is 25.1 Å². The Morgan fingerprint density at radius 3 is 2.61 bits per heavy atom. The van der Waals surface area contributed by atoms with Crippen LogP contribution in [0.15, 0.2) is 54.6 Å². The molecule has 0 aliphatic rings. The molecule has 0 aliphatic carbocycles. The van der Waals surface area contributed by atoms with E-state index in [4.69, 9.17) is 0 Å². The van der Waals surface area contributed by atoms with Gasteiger partial charge in [-0.2, -0.15) is 0 Å². The molecule has 3 rings (SSSR count). The molecule has 0 unspecified atom stereocenters. The first-order valence-electron chi connectivity index (χ1n) is 6.05. The predicted molar refractivity (Wildman–Crippen MR) is 76.2 cm³/mol. The summed E-state index contributed by atoms with van der Waals surface area (Å²) in [4.78, 5) is 7.80. The number of benzene rings is 2. The molecule has 2 heteroatoms. The Hall–Kier alpha value is -2.35. The van der Waals surface area contributed by atoms with Gasteiger partial charge in [-0.05, 0) is 36.3 Å². The summed E-state index contributed by atoms with van der Waals surface area (Å²) in [6.07, 6.45) is 3.96. The quantitative estimate of drug-likeness (QED) is 0.705. The average molecular weight is 234 g/mol. The van der Waals surface area contributed by atoms with Gasteiger partial charge in [0.1, 0.15) is 5.82 Å². The maximum absolute atomic E-state index is 4.49. The van der Waals surface area contributed by atoms with Gasteiger partial charge in [-0.25, -0.2) is 4.98 Å².